The van der Waals surface area contributed by atoms with Crippen molar-refractivity contribution in [2.45, 2.75) is 26.2 Å². The lowest BCUT2D eigenvalue weighted by Crippen LogP contribution is -2.23. The van der Waals surface area contributed by atoms with Crippen LogP contribution in [0.15, 0.2) is 47.3 Å². The molecule has 0 unspecified atom stereocenters. The van der Waals surface area contributed by atoms with Crippen LogP contribution in [0.5, 0.6) is 5.75 Å². The summed E-state index contributed by atoms with van der Waals surface area (Å²) in [5.74, 6) is 0.0826. The molecule has 2 aromatic carbocycles. The van der Waals surface area contributed by atoms with Gasteiger partial charge in [0.1, 0.15) is 5.75 Å². The van der Waals surface area contributed by atoms with Gasteiger partial charge >= 0.3 is 0 Å². The number of pyridine rings is 1. The van der Waals surface area contributed by atoms with Crippen LogP contribution in [0.2, 0.25) is 0 Å². The number of para-hydroxylation sites is 1. The van der Waals surface area contributed by atoms with Gasteiger partial charge in [0.05, 0.1) is 5.39 Å². The average molecular weight is 291 g/mol. The lowest BCUT2D eigenvalue weighted by Gasteiger charge is -2.17. The van der Waals surface area contributed by atoms with Crippen LogP contribution in [0.25, 0.3) is 16.5 Å². The summed E-state index contributed by atoms with van der Waals surface area (Å²) in [6, 6.07) is 13.3. The fourth-order valence-electron chi connectivity index (χ4n) is 3.67. The van der Waals surface area contributed by atoms with E-state index in [2.05, 4.69) is 6.92 Å². The number of hydrogen-bond donors (Lipinski definition) is 1. The smallest absolute Gasteiger partial charge is 0.266 e. The Morgan fingerprint density at radius 3 is 2.55 bits per heavy atom. The lowest BCUT2D eigenvalue weighted by molar-refractivity contribution is 0.481. The van der Waals surface area contributed by atoms with Crippen LogP contribution < -0.4 is 5.56 Å². The van der Waals surface area contributed by atoms with Crippen molar-refractivity contribution < 1.29 is 5.11 Å². The van der Waals surface area contributed by atoms with Gasteiger partial charge in [-0.05, 0) is 54.0 Å². The molecule has 0 aliphatic heterocycles. The minimum Gasteiger partial charge on any atom is -0.507 e. The summed E-state index contributed by atoms with van der Waals surface area (Å²) < 4.78 is 1.77. The summed E-state index contributed by atoms with van der Waals surface area (Å²) in [6.07, 6.45) is 2.67. The molecule has 0 fully saturated rings. The van der Waals surface area contributed by atoms with Crippen molar-refractivity contribution in [2.75, 3.05) is 0 Å². The maximum Gasteiger partial charge on any atom is 0.266 e. The van der Waals surface area contributed by atoms with Crippen molar-refractivity contribution in [1.29, 1.82) is 0 Å². The Morgan fingerprint density at radius 2 is 1.82 bits per heavy atom. The zero-order chi connectivity index (χ0) is 15.3. The number of nitrogens with zero attached hydrogens (tertiary/aromatic N) is 1. The van der Waals surface area contributed by atoms with Gasteiger partial charge < -0.3 is 5.11 Å². The number of phenols is 1. The highest BCUT2D eigenvalue weighted by atomic mass is 16.3. The topological polar surface area (TPSA) is 42.2 Å². The molecule has 0 amide bonds. The minimum absolute atomic E-state index is 0.0826. The van der Waals surface area contributed by atoms with Gasteiger partial charge in [-0.1, -0.05) is 31.2 Å². The molecule has 1 aliphatic carbocycles. The van der Waals surface area contributed by atoms with Crippen molar-refractivity contribution in [2.24, 2.45) is 0 Å². The monoisotopic (exact) mass is 291 g/mol. The Morgan fingerprint density at radius 1 is 1.05 bits per heavy atom. The van der Waals surface area contributed by atoms with E-state index in [1.807, 2.05) is 36.4 Å². The summed E-state index contributed by atoms with van der Waals surface area (Å²) in [5, 5.41) is 11.7. The molecule has 0 spiro atoms. The van der Waals surface area contributed by atoms with E-state index in [4.69, 9.17) is 0 Å². The molecule has 1 heterocycles. The Hall–Kier alpha value is -2.55. The number of phenolic OH excluding ortho intramolecular Hbond substituents is 1. The van der Waals surface area contributed by atoms with Crippen LogP contribution in [-0.2, 0) is 19.3 Å². The van der Waals surface area contributed by atoms with Crippen molar-refractivity contribution >= 4 is 10.8 Å². The summed E-state index contributed by atoms with van der Waals surface area (Å²) in [4.78, 5) is 13.1. The third-order valence-electron chi connectivity index (χ3n) is 4.60. The second-order valence-electron chi connectivity index (χ2n) is 5.75. The molecule has 1 aliphatic rings. The number of hydrogen-bond acceptors (Lipinski definition) is 2. The molecule has 0 bridgehead atoms. The predicted octanol–water partition coefficient (Wildman–Crippen LogP) is 3.36. The van der Waals surface area contributed by atoms with Gasteiger partial charge in [0, 0.05) is 11.4 Å². The summed E-state index contributed by atoms with van der Waals surface area (Å²) in [7, 11) is 0. The summed E-state index contributed by atoms with van der Waals surface area (Å²) in [6.45, 7) is 2.08. The molecule has 3 aromatic rings. The molecular weight excluding hydrogens is 274 g/mol. The molecule has 1 N–H and O–H groups in total. The van der Waals surface area contributed by atoms with Crippen molar-refractivity contribution in [3.63, 3.8) is 0 Å². The Bertz CT molecular complexity index is 939. The molecule has 3 heteroatoms. The van der Waals surface area contributed by atoms with Gasteiger partial charge in [-0.2, -0.15) is 0 Å². The molecule has 110 valence electrons. The van der Waals surface area contributed by atoms with Gasteiger partial charge in [0.25, 0.3) is 5.56 Å². The predicted molar refractivity (Wildman–Crippen MR) is 88.0 cm³/mol. The van der Waals surface area contributed by atoms with Crippen molar-refractivity contribution in [3.8, 4) is 11.4 Å². The van der Waals surface area contributed by atoms with E-state index in [1.165, 1.54) is 11.1 Å². The third-order valence-corrected chi connectivity index (χ3v) is 4.60. The number of rotatable bonds is 2. The molecule has 0 radical (unpaired) electrons. The molecule has 0 atom stereocenters. The van der Waals surface area contributed by atoms with Crippen LogP contribution in [0, 0.1) is 0 Å². The summed E-state index contributed by atoms with van der Waals surface area (Å²) >= 11 is 0. The summed E-state index contributed by atoms with van der Waals surface area (Å²) in [5.41, 5.74) is 4.19. The van der Waals surface area contributed by atoms with Crippen LogP contribution in [0.4, 0.5) is 0 Å². The molecular formula is C19H17NO2. The van der Waals surface area contributed by atoms with Gasteiger partial charge in [-0.15, -0.1) is 0 Å². The highest BCUT2D eigenvalue weighted by Gasteiger charge is 2.24. The molecule has 22 heavy (non-hydrogen) atoms. The second-order valence-corrected chi connectivity index (χ2v) is 5.75. The van der Waals surface area contributed by atoms with Crippen LogP contribution in [0.3, 0.4) is 0 Å². The standard InChI is InChI=1S/C19H17NO2/c1-2-15-14-10-8-12-9-11-16(21)18(17(12)14)19(22)20(15)13-6-4-3-5-7-13/h3-7,9,11,21H,2,8,10H2,1H3. The third kappa shape index (κ3) is 1.65. The SMILES string of the molecule is CCc1c2c3c(ccc(O)c3c(=O)n1-c1ccccc1)CC2. The molecule has 1 aromatic heterocycles. The first-order valence-electron chi connectivity index (χ1n) is 7.69. The van der Waals surface area contributed by atoms with Crippen LogP contribution in [0.1, 0.15) is 23.7 Å². The van der Waals surface area contributed by atoms with Crippen molar-refractivity contribution in [1.82, 2.24) is 4.57 Å². The average Bonchev–Trinajstić information content (AvgIpc) is 2.96. The number of aromatic hydroxyl groups is 1. The van der Waals surface area contributed by atoms with E-state index in [1.54, 1.807) is 10.6 Å². The Labute approximate surface area is 128 Å². The van der Waals surface area contributed by atoms with Gasteiger partial charge in [0.15, 0.2) is 0 Å². The van der Waals surface area contributed by atoms with E-state index < -0.39 is 0 Å². The molecule has 3 nitrogen and oxygen atoms in total. The van der Waals surface area contributed by atoms with Crippen molar-refractivity contribution in [3.05, 3.63) is 69.6 Å². The zero-order valence-electron chi connectivity index (χ0n) is 12.5. The van der Waals surface area contributed by atoms with Gasteiger partial charge in [0.2, 0.25) is 0 Å². The normalized spacial score (nSPS) is 13.0. The maximum absolute atomic E-state index is 13.1. The van der Waals surface area contributed by atoms with Gasteiger partial charge in [-0.25, -0.2) is 0 Å². The lowest BCUT2D eigenvalue weighted by atomic mass is 10.0. The highest BCUT2D eigenvalue weighted by Crippen LogP contribution is 2.36. The van der Waals surface area contributed by atoms with Crippen LogP contribution in [-0.4, -0.2) is 9.67 Å². The fourth-order valence-corrected chi connectivity index (χ4v) is 3.67. The van der Waals surface area contributed by atoms with Crippen LogP contribution >= 0.6 is 0 Å². The number of aromatic nitrogens is 1. The Balaban J connectivity index is 2.23. The largest absolute Gasteiger partial charge is 0.507 e. The first kappa shape index (κ1) is 13.1. The van der Waals surface area contributed by atoms with E-state index >= 15 is 0 Å². The maximum atomic E-state index is 13.1. The zero-order valence-corrected chi connectivity index (χ0v) is 12.5. The molecule has 0 saturated heterocycles. The molecule has 4 rings (SSSR count). The fraction of sp³-hybridized carbons (Fsp3) is 0.211. The van der Waals surface area contributed by atoms with E-state index in [-0.39, 0.29) is 11.3 Å². The van der Waals surface area contributed by atoms with E-state index in [0.29, 0.717) is 5.39 Å². The first-order chi connectivity index (χ1) is 10.7. The van der Waals surface area contributed by atoms with E-state index in [0.717, 1.165) is 36.0 Å². The minimum atomic E-state index is -0.122. The second kappa shape index (κ2) is 4.73. The Kier molecular flexibility index (Phi) is 2.83. The quantitative estimate of drug-likeness (QED) is 0.786. The highest BCUT2D eigenvalue weighted by molar-refractivity contribution is 5.95. The molecule has 0 saturated carbocycles. The number of aryl methyl sites for hydroxylation is 2. The van der Waals surface area contributed by atoms with E-state index in [9.17, 15) is 9.90 Å². The first-order valence-corrected chi connectivity index (χ1v) is 7.69. The van der Waals surface area contributed by atoms with Gasteiger partial charge in [-0.3, -0.25) is 9.36 Å². The number of benzene rings is 2.